The molecule has 0 atom stereocenters. The Morgan fingerprint density at radius 2 is 1.39 bits per heavy atom. The van der Waals surface area contributed by atoms with Gasteiger partial charge in [0.05, 0.1) is 18.6 Å². The van der Waals surface area contributed by atoms with Crippen molar-refractivity contribution in [3.8, 4) is 0 Å². The van der Waals surface area contributed by atoms with Crippen molar-refractivity contribution in [3.05, 3.63) is 0 Å². The van der Waals surface area contributed by atoms with E-state index in [1.165, 1.54) is 6.54 Å². The van der Waals surface area contributed by atoms with Crippen molar-refractivity contribution in [2.45, 2.75) is 46.7 Å². The van der Waals surface area contributed by atoms with E-state index in [0.717, 1.165) is 12.1 Å². The molecule has 1 saturated heterocycles. The maximum absolute atomic E-state index is 11.6. The van der Waals surface area contributed by atoms with E-state index >= 15 is 0 Å². The first kappa shape index (κ1) is 16.8. The Labute approximate surface area is 105 Å². The maximum atomic E-state index is 11.6. The zero-order chi connectivity index (χ0) is 14.5. The van der Waals surface area contributed by atoms with Gasteiger partial charge in [-0.3, -0.25) is 0 Å². The molecule has 0 amide bonds. The third-order valence-electron chi connectivity index (χ3n) is 2.55. The summed E-state index contributed by atoms with van der Waals surface area (Å²) in [6.07, 6.45) is 0. The number of hydrogen-bond acceptors (Lipinski definition) is 4. The lowest BCUT2D eigenvalue weighted by molar-refractivity contribution is -0.940. The van der Waals surface area contributed by atoms with Crippen LogP contribution in [0.5, 0.6) is 0 Å². The van der Waals surface area contributed by atoms with Gasteiger partial charge in [0.25, 0.3) is 0 Å². The molecule has 1 heterocycles. The zero-order valence-corrected chi connectivity index (χ0v) is 11.3. The highest BCUT2D eigenvalue weighted by molar-refractivity contribution is 6.65. The van der Waals surface area contributed by atoms with Crippen LogP contribution in [0.2, 0.25) is 0 Å². The van der Waals surface area contributed by atoms with Crippen LogP contribution in [0.1, 0.15) is 34.6 Å². The molecule has 5 nitrogen and oxygen atoms in total. The van der Waals surface area contributed by atoms with Gasteiger partial charge in [-0.1, -0.05) is 0 Å². The molecule has 0 bridgehead atoms. The Morgan fingerprint density at radius 1 is 1.06 bits per heavy atom. The van der Waals surface area contributed by atoms with Crippen molar-refractivity contribution < 1.29 is 32.4 Å². The van der Waals surface area contributed by atoms with E-state index in [9.17, 15) is 18.2 Å². The molecule has 0 aromatic heterocycles. The average molecular weight is 267 g/mol. The lowest BCUT2D eigenvalue weighted by Gasteiger charge is -2.25. The average Bonchev–Trinajstić information content (AvgIpc) is 2.38. The largest absolute Gasteiger partial charge is 0.730 e. The van der Waals surface area contributed by atoms with E-state index in [1.807, 2.05) is 0 Å². The molecule has 0 unspecified atom stereocenters. The lowest BCUT2D eigenvalue weighted by Crippen LogP contribution is -3.17. The Hall–Kier alpha value is -1.18. The molecule has 1 fully saturated rings. The first-order valence-electron chi connectivity index (χ1n) is 5.92. The van der Waals surface area contributed by atoms with Gasteiger partial charge >= 0.3 is 19.0 Å². The summed E-state index contributed by atoms with van der Waals surface area (Å²) in [4.78, 5) is 21.3. The van der Waals surface area contributed by atoms with Crippen LogP contribution in [-0.4, -0.2) is 37.7 Å². The second-order valence-electron chi connectivity index (χ2n) is 4.58. The van der Waals surface area contributed by atoms with E-state index in [-0.39, 0.29) is 0 Å². The Kier molecular flexibility index (Phi) is 6.24. The number of rotatable bonds is 3. The molecule has 0 aromatic rings. The molecular weight excluding hydrogens is 247 g/mol. The molecule has 18 heavy (non-hydrogen) atoms. The van der Waals surface area contributed by atoms with Crippen LogP contribution in [0.15, 0.2) is 0 Å². The SMILES string of the molecule is CC[NH+](C(C)C)C(C)C.O=C1O[B-](F)(F)OC1=O. The summed E-state index contributed by atoms with van der Waals surface area (Å²) < 4.78 is 29.6. The summed E-state index contributed by atoms with van der Waals surface area (Å²) in [6.45, 7) is 12.6. The first-order valence-corrected chi connectivity index (χ1v) is 5.92. The van der Waals surface area contributed by atoms with Gasteiger partial charge < -0.3 is 22.8 Å². The third kappa shape index (κ3) is 5.44. The molecule has 0 aliphatic carbocycles. The fourth-order valence-electron chi connectivity index (χ4n) is 1.85. The van der Waals surface area contributed by atoms with Gasteiger partial charge in [0, 0.05) is 0 Å². The van der Waals surface area contributed by atoms with E-state index in [0.29, 0.717) is 0 Å². The molecule has 1 N–H and O–H groups in total. The lowest BCUT2D eigenvalue weighted by atomic mass is 10.2. The Balaban J connectivity index is 0.000000321. The zero-order valence-electron chi connectivity index (χ0n) is 11.3. The molecule has 1 aliphatic rings. The van der Waals surface area contributed by atoms with Crippen molar-refractivity contribution in [1.29, 1.82) is 0 Å². The number of halogens is 2. The molecule has 0 radical (unpaired) electrons. The molecule has 8 heteroatoms. The molecule has 1 rings (SSSR count). The molecular formula is C10H20BF2NO4. The van der Waals surface area contributed by atoms with Crippen molar-refractivity contribution >= 4 is 19.0 Å². The van der Waals surface area contributed by atoms with Gasteiger partial charge in [-0.05, 0) is 34.6 Å². The van der Waals surface area contributed by atoms with Crippen LogP contribution in [0, 0.1) is 0 Å². The summed E-state index contributed by atoms with van der Waals surface area (Å²) in [5.74, 6) is -3.28. The molecule has 0 saturated carbocycles. The van der Waals surface area contributed by atoms with Crippen LogP contribution in [0.25, 0.3) is 0 Å². The van der Waals surface area contributed by atoms with Crippen molar-refractivity contribution in [2.24, 2.45) is 0 Å². The van der Waals surface area contributed by atoms with E-state index in [1.54, 1.807) is 4.90 Å². The normalized spacial score (nSPS) is 17.7. The van der Waals surface area contributed by atoms with Gasteiger partial charge in [-0.25, -0.2) is 9.59 Å². The monoisotopic (exact) mass is 267 g/mol. The Morgan fingerprint density at radius 3 is 1.44 bits per heavy atom. The molecule has 1 aliphatic heterocycles. The number of carbonyl (C=O) groups is 2. The van der Waals surface area contributed by atoms with E-state index < -0.39 is 19.0 Å². The predicted molar refractivity (Wildman–Crippen MR) is 61.9 cm³/mol. The highest BCUT2D eigenvalue weighted by Crippen LogP contribution is 2.17. The number of carbonyl (C=O) groups excluding carboxylic acids is 2. The highest BCUT2D eigenvalue weighted by atomic mass is 19.3. The van der Waals surface area contributed by atoms with Gasteiger partial charge in [0.15, 0.2) is 0 Å². The Bertz CT molecular complexity index is 284. The van der Waals surface area contributed by atoms with Crippen molar-refractivity contribution in [1.82, 2.24) is 0 Å². The van der Waals surface area contributed by atoms with E-state index in [4.69, 9.17) is 0 Å². The number of nitrogens with one attached hydrogen (secondary N) is 1. The van der Waals surface area contributed by atoms with Crippen LogP contribution < -0.4 is 4.90 Å². The van der Waals surface area contributed by atoms with Crippen LogP contribution in [-0.2, 0) is 18.9 Å². The smallest absolute Gasteiger partial charge is 0.593 e. The van der Waals surface area contributed by atoms with E-state index in [2.05, 4.69) is 43.9 Å². The second-order valence-corrected chi connectivity index (χ2v) is 4.58. The summed E-state index contributed by atoms with van der Waals surface area (Å²) in [6, 6.07) is 1.55. The molecule has 0 aromatic carbocycles. The van der Waals surface area contributed by atoms with Crippen LogP contribution in [0.3, 0.4) is 0 Å². The van der Waals surface area contributed by atoms with Crippen LogP contribution >= 0.6 is 0 Å². The van der Waals surface area contributed by atoms with Crippen molar-refractivity contribution in [2.75, 3.05) is 6.54 Å². The summed E-state index contributed by atoms with van der Waals surface area (Å²) in [5.41, 5.74) is 0. The highest BCUT2D eigenvalue weighted by Gasteiger charge is 2.46. The summed E-state index contributed by atoms with van der Waals surface area (Å²) in [7, 11) is -4.65. The molecule has 0 spiro atoms. The van der Waals surface area contributed by atoms with Crippen molar-refractivity contribution in [3.63, 3.8) is 0 Å². The quantitative estimate of drug-likeness (QED) is 0.585. The van der Waals surface area contributed by atoms with Gasteiger partial charge in [-0.2, -0.15) is 0 Å². The summed E-state index contributed by atoms with van der Waals surface area (Å²) in [5, 5.41) is 0. The minimum absolute atomic E-state index is 0.773. The van der Waals surface area contributed by atoms with Gasteiger partial charge in [0.1, 0.15) is 0 Å². The standard InChI is InChI=1S/C8H19N.C2BF2O4/c1-6-9(7(2)3)8(4)5;4-3(5)8-1(6)2(7)9-3/h7-8H,6H2,1-5H3;/q;-1/p+1. The topological polar surface area (TPSA) is 57.0 Å². The molecule has 106 valence electrons. The number of hydrogen-bond donors (Lipinski definition) is 1. The first-order chi connectivity index (χ1) is 8.10. The minimum atomic E-state index is -4.65. The van der Waals surface area contributed by atoms with Crippen LogP contribution in [0.4, 0.5) is 8.63 Å². The maximum Gasteiger partial charge on any atom is 0.730 e. The predicted octanol–water partition coefficient (Wildman–Crippen LogP) is 0.169. The fraction of sp³-hybridized carbons (Fsp3) is 0.800. The summed E-state index contributed by atoms with van der Waals surface area (Å²) >= 11 is 0. The van der Waals surface area contributed by atoms with Gasteiger partial charge in [0.2, 0.25) is 0 Å². The third-order valence-corrected chi connectivity index (χ3v) is 2.55. The minimum Gasteiger partial charge on any atom is -0.593 e. The van der Waals surface area contributed by atoms with Gasteiger partial charge in [-0.15, -0.1) is 0 Å². The number of quaternary nitrogens is 1. The second kappa shape index (κ2) is 6.68. The fourth-order valence-corrected chi connectivity index (χ4v) is 1.85.